The Morgan fingerprint density at radius 2 is 1.83 bits per heavy atom. The first kappa shape index (κ1) is 28.4. The number of imidazole rings is 1. The minimum Gasteiger partial charge on any atom is -0.492 e. The molecule has 1 unspecified atom stereocenters. The normalized spacial score (nSPS) is 15.0. The molecular weight excluding hydrogens is 538 g/mol. The number of para-hydroxylation sites is 1. The third-order valence-corrected chi connectivity index (χ3v) is 7.59. The molecule has 4 aromatic rings. The molecule has 0 saturated carbocycles. The van der Waals surface area contributed by atoms with Crippen molar-refractivity contribution in [3.05, 3.63) is 118 Å². The summed E-state index contributed by atoms with van der Waals surface area (Å²) in [5.74, 6) is -0.0916. The Morgan fingerprint density at radius 3 is 2.59 bits per heavy atom. The van der Waals surface area contributed by atoms with Crippen LogP contribution in [0.3, 0.4) is 0 Å². The van der Waals surface area contributed by atoms with Crippen LogP contribution >= 0.6 is 11.6 Å². The zero-order valence-electron chi connectivity index (χ0n) is 23.2. The lowest BCUT2D eigenvalue weighted by molar-refractivity contribution is -0.122. The number of nitrogens with zero attached hydrogens (tertiary/aromatic N) is 2. The Balaban J connectivity index is 1.28. The van der Waals surface area contributed by atoms with Crippen molar-refractivity contribution in [2.45, 2.75) is 44.9 Å². The molecular formula is C32H34ClN5O3. The van der Waals surface area contributed by atoms with Gasteiger partial charge in [0.25, 0.3) is 5.91 Å². The third kappa shape index (κ3) is 6.96. The number of carbonyl (C=O) groups excluding carboxylic acids is 2. The highest BCUT2D eigenvalue weighted by molar-refractivity contribution is 6.30. The first-order valence-electron chi connectivity index (χ1n) is 13.7. The van der Waals surface area contributed by atoms with E-state index in [-0.39, 0.29) is 17.9 Å². The van der Waals surface area contributed by atoms with Gasteiger partial charge >= 0.3 is 0 Å². The molecule has 9 heteroatoms. The molecule has 0 saturated heterocycles. The fourth-order valence-electron chi connectivity index (χ4n) is 5.05. The van der Waals surface area contributed by atoms with Gasteiger partial charge in [-0.25, -0.2) is 4.98 Å². The number of hydrogen-bond acceptors (Lipinski definition) is 5. The van der Waals surface area contributed by atoms with E-state index in [9.17, 15) is 9.59 Å². The number of likely N-dealkylation sites (N-methyl/N-ethyl adjacent to an activating group) is 1. The van der Waals surface area contributed by atoms with E-state index in [0.29, 0.717) is 35.9 Å². The summed E-state index contributed by atoms with van der Waals surface area (Å²) in [6.07, 6.45) is 4.83. The van der Waals surface area contributed by atoms with Gasteiger partial charge in [0.05, 0.1) is 24.2 Å². The molecule has 0 bridgehead atoms. The Kier molecular flexibility index (Phi) is 9.01. The van der Waals surface area contributed by atoms with Crippen molar-refractivity contribution in [3.63, 3.8) is 0 Å². The molecule has 1 aromatic heterocycles. The minimum absolute atomic E-state index is 0.00182. The Labute approximate surface area is 245 Å². The quantitative estimate of drug-likeness (QED) is 0.259. The number of benzene rings is 3. The summed E-state index contributed by atoms with van der Waals surface area (Å²) in [6.45, 7) is 3.92. The average molecular weight is 572 g/mol. The lowest BCUT2D eigenvalue weighted by Gasteiger charge is -2.28. The van der Waals surface area contributed by atoms with Gasteiger partial charge in [-0.2, -0.15) is 0 Å². The van der Waals surface area contributed by atoms with Crippen molar-refractivity contribution < 1.29 is 14.3 Å². The number of aromatic nitrogens is 2. The Bertz CT molecular complexity index is 1500. The van der Waals surface area contributed by atoms with Crippen molar-refractivity contribution >= 4 is 23.4 Å². The van der Waals surface area contributed by atoms with Gasteiger partial charge in [-0.1, -0.05) is 65.7 Å². The molecule has 8 nitrogen and oxygen atoms in total. The Hall–Kier alpha value is -4.14. The molecule has 5 rings (SSSR count). The summed E-state index contributed by atoms with van der Waals surface area (Å²) in [5.41, 5.74) is 5.74. The highest BCUT2D eigenvalue weighted by Gasteiger charge is 2.28. The number of carbonyl (C=O) groups is 2. The maximum absolute atomic E-state index is 13.5. The van der Waals surface area contributed by atoms with Crippen LogP contribution in [0.1, 0.15) is 50.8 Å². The number of amides is 2. The molecule has 0 radical (unpaired) electrons. The van der Waals surface area contributed by atoms with E-state index < -0.39 is 6.04 Å². The summed E-state index contributed by atoms with van der Waals surface area (Å²) in [5, 5.41) is 9.80. The molecule has 0 fully saturated rings. The summed E-state index contributed by atoms with van der Waals surface area (Å²) in [6, 6.07) is 20.6. The van der Waals surface area contributed by atoms with Crippen LogP contribution in [0, 0.1) is 6.92 Å². The molecule has 2 amide bonds. The van der Waals surface area contributed by atoms with Crippen LogP contribution < -0.4 is 20.7 Å². The van der Waals surface area contributed by atoms with Crippen LogP contribution in [-0.2, 0) is 24.3 Å². The standard InChI is InChI=1S/C32H34ClN5O3/c1-21-6-8-23(9-7-21)19-38-20-35-17-25(38)18-36-28-14-15-41-30-26(28)4-3-5-27(30)31(39)37-29(32(40)34-2)16-22-10-12-24(33)13-11-22/h3-13,17,20,28-29,36H,14-16,18-19H2,1-2H3,(H,34,40)(H,37,39)/t28?,29-/m1/s1. The number of rotatable bonds is 10. The highest BCUT2D eigenvalue weighted by Crippen LogP contribution is 2.35. The fraction of sp³-hybridized carbons (Fsp3) is 0.281. The SMILES string of the molecule is CNC(=O)[C@@H](Cc1ccc(Cl)cc1)NC(=O)c1cccc2c1OCCC2NCc1cncn1Cc1ccc(C)cc1. The smallest absolute Gasteiger partial charge is 0.255 e. The molecule has 2 heterocycles. The third-order valence-electron chi connectivity index (χ3n) is 7.34. The summed E-state index contributed by atoms with van der Waals surface area (Å²) in [4.78, 5) is 30.5. The maximum Gasteiger partial charge on any atom is 0.255 e. The second-order valence-corrected chi connectivity index (χ2v) is 10.7. The molecule has 3 N–H and O–H groups in total. The number of aryl methyl sites for hydroxylation is 1. The lowest BCUT2D eigenvalue weighted by atomic mass is 9.96. The van der Waals surface area contributed by atoms with Gasteiger partial charge < -0.3 is 25.3 Å². The molecule has 212 valence electrons. The zero-order chi connectivity index (χ0) is 28.8. The number of fused-ring (bicyclic) bond motifs is 1. The van der Waals surface area contributed by atoms with E-state index in [1.165, 1.54) is 11.1 Å². The predicted octanol–water partition coefficient (Wildman–Crippen LogP) is 4.59. The fourth-order valence-corrected chi connectivity index (χ4v) is 5.17. The van der Waals surface area contributed by atoms with Gasteiger partial charge in [0.2, 0.25) is 5.91 Å². The van der Waals surface area contributed by atoms with Gasteiger partial charge in [-0.3, -0.25) is 9.59 Å². The largest absolute Gasteiger partial charge is 0.492 e. The van der Waals surface area contributed by atoms with Crippen molar-refractivity contribution in [3.8, 4) is 5.75 Å². The number of halogens is 1. The van der Waals surface area contributed by atoms with Gasteiger partial charge in [-0.05, 0) is 36.2 Å². The Morgan fingerprint density at radius 1 is 1.07 bits per heavy atom. The molecule has 41 heavy (non-hydrogen) atoms. The summed E-state index contributed by atoms with van der Waals surface area (Å²) < 4.78 is 8.16. The van der Waals surface area contributed by atoms with E-state index >= 15 is 0 Å². The zero-order valence-corrected chi connectivity index (χ0v) is 23.9. The van der Waals surface area contributed by atoms with E-state index in [1.807, 2.05) is 36.8 Å². The van der Waals surface area contributed by atoms with Crippen LogP contribution in [0.2, 0.25) is 5.02 Å². The van der Waals surface area contributed by atoms with Gasteiger partial charge in [0.15, 0.2) is 0 Å². The molecule has 1 aliphatic heterocycles. The number of ether oxygens (including phenoxy) is 1. The van der Waals surface area contributed by atoms with Gasteiger partial charge in [0.1, 0.15) is 11.8 Å². The number of hydrogen-bond donors (Lipinski definition) is 3. The highest BCUT2D eigenvalue weighted by atomic mass is 35.5. The van der Waals surface area contributed by atoms with Crippen LogP contribution in [0.4, 0.5) is 0 Å². The van der Waals surface area contributed by atoms with E-state index in [2.05, 4.69) is 56.7 Å². The monoisotopic (exact) mass is 571 g/mol. The summed E-state index contributed by atoms with van der Waals surface area (Å²) in [7, 11) is 1.56. The van der Waals surface area contributed by atoms with E-state index in [1.54, 1.807) is 25.2 Å². The van der Waals surface area contributed by atoms with Crippen molar-refractivity contribution in [1.29, 1.82) is 0 Å². The van der Waals surface area contributed by atoms with Crippen LogP contribution in [-0.4, -0.2) is 41.1 Å². The minimum atomic E-state index is -0.754. The first-order valence-corrected chi connectivity index (χ1v) is 14.1. The summed E-state index contributed by atoms with van der Waals surface area (Å²) >= 11 is 6.01. The first-order chi connectivity index (χ1) is 19.9. The van der Waals surface area contributed by atoms with Gasteiger partial charge in [0, 0.05) is 55.8 Å². The van der Waals surface area contributed by atoms with E-state index in [4.69, 9.17) is 16.3 Å². The molecule has 0 spiro atoms. The van der Waals surface area contributed by atoms with Crippen molar-refractivity contribution in [2.75, 3.05) is 13.7 Å². The van der Waals surface area contributed by atoms with E-state index in [0.717, 1.165) is 29.8 Å². The molecule has 2 atom stereocenters. The average Bonchev–Trinajstić information content (AvgIpc) is 3.43. The molecule has 1 aliphatic rings. The van der Waals surface area contributed by atoms with Crippen molar-refractivity contribution in [2.24, 2.45) is 0 Å². The second kappa shape index (κ2) is 13.0. The van der Waals surface area contributed by atoms with Crippen LogP contribution in [0.15, 0.2) is 79.3 Å². The topological polar surface area (TPSA) is 97.3 Å². The maximum atomic E-state index is 13.5. The van der Waals surface area contributed by atoms with Crippen molar-refractivity contribution in [1.82, 2.24) is 25.5 Å². The second-order valence-electron chi connectivity index (χ2n) is 10.3. The number of nitrogens with one attached hydrogen (secondary N) is 3. The lowest BCUT2D eigenvalue weighted by Crippen LogP contribution is -2.47. The van der Waals surface area contributed by atoms with Crippen LogP contribution in [0.25, 0.3) is 0 Å². The predicted molar refractivity (Wildman–Crippen MR) is 159 cm³/mol. The van der Waals surface area contributed by atoms with Gasteiger partial charge in [-0.15, -0.1) is 0 Å². The molecule has 3 aromatic carbocycles. The van der Waals surface area contributed by atoms with Crippen LogP contribution in [0.5, 0.6) is 5.75 Å². The molecule has 0 aliphatic carbocycles.